The summed E-state index contributed by atoms with van der Waals surface area (Å²) < 4.78 is 19.8. The maximum Gasteiger partial charge on any atom is 0.268 e. The Morgan fingerprint density at radius 3 is 2.38 bits per heavy atom. The summed E-state index contributed by atoms with van der Waals surface area (Å²) in [5, 5.41) is 0. The highest BCUT2D eigenvalue weighted by Crippen LogP contribution is 2.34. The minimum atomic E-state index is -0.574. The molecule has 2 aliphatic heterocycles. The molecule has 1 fully saturated rings. The minimum absolute atomic E-state index is 0.0184. The molecule has 6 nitrogen and oxygen atoms in total. The summed E-state index contributed by atoms with van der Waals surface area (Å²) in [4.78, 5) is 30.9. The van der Waals surface area contributed by atoms with Crippen molar-refractivity contribution in [2.24, 2.45) is 0 Å². The molecule has 0 spiro atoms. The number of benzene rings is 2. The SMILES string of the molecule is CC[C@H]1Oc2ccccc2N(CC(=O)N2CCN(c3ccccc3F)CC2)C1=O. The van der Waals surface area contributed by atoms with Gasteiger partial charge in [0.15, 0.2) is 6.10 Å². The van der Waals surface area contributed by atoms with E-state index in [4.69, 9.17) is 4.74 Å². The fraction of sp³-hybridized carbons (Fsp3) is 0.364. The van der Waals surface area contributed by atoms with Gasteiger partial charge in [0.25, 0.3) is 5.91 Å². The topological polar surface area (TPSA) is 53.1 Å². The summed E-state index contributed by atoms with van der Waals surface area (Å²) in [5.74, 6) is 0.0622. The zero-order valence-electron chi connectivity index (χ0n) is 16.4. The van der Waals surface area contributed by atoms with E-state index in [0.717, 1.165) is 0 Å². The molecule has 2 aromatic rings. The van der Waals surface area contributed by atoms with Gasteiger partial charge in [-0.1, -0.05) is 31.2 Å². The second-order valence-corrected chi connectivity index (χ2v) is 7.23. The summed E-state index contributed by atoms with van der Waals surface area (Å²) in [5.41, 5.74) is 1.18. The molecular formula is C22H24FN3O3. The number of hydrogen-bond donors (Lipinski definition) is 0. The number of carbonyl (C=O) groups excluding carboxylic acids is 2. The number of anilines is 2. The van der Waals surface area contributed by atoms with Crippen LogP contribution in [0, 0.1) is 5.82 Å². The molecule has 0 aromatic heterocycles. The van der Waals surface area contributed by atoms with Crippen molar-refractivity contribution >= 4 is 23.2 Å². The van der Waals surface area contributed by atoms with Crippen molar-refractivity contribution in [3.8, 4) is 5.75 Å². The van der Waals surface area contributed by atoms with Crippen LogP contribution >= 0.6 is 0 Å². The molecule has 1 atom stereocenters. The van der Waals surface area contributed by atoms with Gasteiger partial charge in [0.2, 0.25) is 5.91 Å². The van der Waals surface area contributed by atoms with Gasteiger partial charge in [-0.25, -0.2) is 4.39 Å². The first-order chi connectivity index (χ1) is 14.1. The maximum absolute atomic E-state index is 14.0. The number of ether oxygens (including phenoxy) is 1. The molecule has 0 bridgehead atoms. The Bertz CT molecular complexity index is 912. The lowest BCUT2D eigenvalue weighted by atomic mass is 10.1. The van der Waals surface area contributed by atoms with Crippen LogP contribution in [0.15, 0.2) is 48.5 Å². The number of hydrogen-bond acceptors (Lipinski definition) is 4. The quantitative estimate of drug-likeness (QED) is 0.796. The van der Waals surface area contributed by atoms with Crippen LogP contribution in [0.25, 0.3) is 0 Å². The van der Waals surface area contributed by atoms with Gasteiger partial charge in [-0.2, -0.15) is 0 Å². The smallest absolute Gasteiger partial charge is 0.268 e. The van der Waals surface area contributed by atoms with Crippen LogP contribution in [0.4, 0.5) is 15.8 Å². The van der Waals surface area contributed by atoms with Crippen molar-refractivity contribution in [2.75, 3.05) is 42.5 Å². The Kier molecular flexibility index (Phi) is 5.38. The maximum atomic E-state index is 14.0. The predicted octanol–water partition coefficient (Wildman–Crippen LogP) is 2.68. The minimum Gasteiger partial charge on any atom is -0.478 e. The first-order valence-electron chi connectivity index (χ1n) is 9.92. The zero-order valence-corrected chi connectivity index (χ0v) is 16.4. The van der Waals surface area contributed by atoms with E-state index in [9.17, 15) is 14.0 Å². The largest absolute Gasteiger partial charge is 0.478 e. The fourth-order valence-electron chi connectivity index (χ4n) is 3.84. The van der Waals surface area contributed by atoms with E-state index in [0.29, 0.717) is 49.7 Å². The highest BCUT2D eigenvalue weighted by Gasteiger charge is 2.35. The van der Waals surface area contributed by atoms with Crippen molar-refractivity contribution < 1.29 is 18.7 Å². The average Bonchev–Trinajstić information content (AvgIpc) is 2.76. The van der Waals surface area contributed by atoms with Crippen molar-refractivity contribution in [1.29, 1.82) is 0 Å². The Labute approximate surface area is 169 Å². The Morgan fingerprint density at radius 2 is 1.69 bits per heavy atom. The monoisotopic (exact) mass is 397 g/mol. The zero-order chi connectivity index (χ0) is 20.4. The number of fused-ring (bicyclic) bond motifs is 1. The van der Waals surface area contributed by atoms with Gasteiger partial charge in [0.1, 0.15) is 18.1 Å². The molecule has 152 valence electrons. The molecular weight excluding hydrogens is 373 g/mol. The molecule has 4 rings (SSSR count). The van der Waals surface area contributed by atoms with E-state index in [-0.39, 0.29) is 24.2 Å². The van der Waals surface area contributed by atoms with Crippen molar-refractivity contribution in [3.05, 3.63) is 54.3 Å². The van der Waals surface area contributed by atoms with E-state index in [1.165, 1.54) is 11.0 Å². The first-order valence-corrected chi connectivity index (χ1v) is 9.92. The van der Waals surface area contributed by atoms with Crippen LogP contribution in [-0.2, 0) is 9.59 Å². The van der Waals surface area contributed by atoms with Crippen LogP contribution in [-0.4, -0.2) is 55.5 Å². The summed E-state index contributed by atoms with van der Waals surface area (Å²) in [6.45, 7) is 3.96. The summed E-state index contributed by atoms with van der Waals surface area (Å²) in [7, 11) is 0. The van der Waals surface area contributed by atoms with Gasteiger partial charge in [0.05, 0.1) is 11.4 Å². The molecule has 2 heterocycles. The van der Waals surface area contributed by atoms with E-state index in [1.807, 2.05) is 36.1 Å². The second kappa shape index (κ2) is 8.11. The molecule has 0 unspecified atom stereocenters. The number of piperazine rings is 1. The molecule has 29 heavy (non-hydrogen) atoms. The molecule has 0 N–H and O–H groups in total. The van der Waals surface area contributed by atoms with E-state index in [2.05, 4.69) is 0 Å². The summed E-state index contributed by atoms with van der Waals surface area (Å²) in [6.07, 6.45) is -0.0327. The number of amides is 2. The van der Waals surface area contributed by atoms with Gasteiger partial charge >= 0.3 is 0 Å². The molecule has 0 aliphatic carbocycles. The number of halogens is 1. The number of nitrogens with zero attached hydrogens (tertiary/aromatic N) is 3. The third-order valence-electron chi connectivity index (χ3n) is 5.46. The number of carbonyl (C=O) groups is 2. The molecule has 2 aromatic carbocycles. The second-order valence-electron chi connectivity index (χ2n) is 7.23. The lowest BCUT2D eigenvalue weighted by Crippen LogP contribution is -2.54. The third-order valence-corrected chi connectivity index (χ3v) is 5.46. The molecule has 7 heteroatoms. The Hall–Kier alpha value is -3.09. The van der Waals surface area contributed by atoms with Crippen molar-refractivity contribution in [3.63, 3.8) is 0 Å². The fourth-order valence-corrected chi connectivity index (χ4v) is 3.84. The van der Waals surface area contributed by atoms with E-state index >= 15 is 0 Å². The molecule has 1 saturated heterocycles. The number of rotatable bonds is 4. The Balaban J connectivity index is 1.43. The predicted molar refractivity (Wildman–Crippen MR) is 109 cm³/mol. The molecule has 2 aliphatic rings. The van der Waals surface area contributed by atoms with E-state index < -0.39 is 6.10 Å². The highest BCUT2D eigenvalue weighted by atomic mass is 19.1. The molecule has 0 radical (unpaired) electrons. The van der Waals surface area contributed by atoms with Crippen molar-refractivity contribution in [2.45, 2.75) is 19.4 Å². The van der Waals surface area contributed by atoms with Gasteiger partial charge in [-0.05, 0) is 30.7 Å². The average molecular weight is 397 g/mol. The summed E-state index contributed by atoms with van der Waals surface area (Å²) in [6, 6.07) is 14.0. The van der Waals surface area contributed by atoms with Crippen LogP contribution in [0.3, 0.4) is 0 Å². The standard InChI is InChI=1S/C22H24FN3O3/c1-2-19-22(28)26(18-9-5-6-10-20(18)29-19)15-21(27)25-13-11-24(12-14-25)17-8-4-3-7-16(17)23/h3-10,19H,2,11-15H2,1H3/t19-/m1/s1. The van der Waals surface area contributed by atoms with Crippen LogP contribution < -0.4 is 14.5 Å². The van der Waals surface area contributed by atoms with Crippen molar-refractivity contribution in [1.82, 2.24) is 4.90 Å². The van der Waals surface area contributed by atoms with Gasteiger partial charge in [-0.15, -0.1) is 0 Å². The Morgan fingerprint density at radius 1 is 1.03 bits per heavy atom. The first kappa shape index (κ1) is 19.2. The normalized spacial score (nSPS) is 19.0. The van der Waals surface area contributed by atoms with E-state index in [1.54, 1.807) is 23.1 Å². The van der Waals surface area contributed by atoms with Crippen LogP contribution in [0.2, 0.25) is 0 Å². The lowest BCUT2D eigenvalue weighted by Gasteiger charge is -2.38. The molecule has 2 amide bonds. The van der Waals surface area contributed by atoms with Gasteiger partial charge in [0, 0.05) is 26.2 Å². The highest BCUT2D eigenvalue weighted by molar-refractivity contribution is 6.03. The van der Waals surface area contributed by atoms with Crippen LogP contribution in [0.1, 0.15) is 13.3 Å². The summed E-state index contributed by atoms with van der Waals surface area (Å²) >= 11 is 0. The molecule has 0 saturated carbocycles. The lowest BCUT2D eigenvalue weighted by molar-refractivity contribution is -0.133. The van der Waals surface area contributed by atoms with Crippen LogP contribution in [0.5, 0.6) is 5.75 Å². The van der Waals surface area contributed by atoms with Gasteiger partial charge in [-0.3, -0.25) is 14.5 Å². The van der Waals surface area contributed by atoms with Gasteiger partial charge < -0.3 is 14.5 Å². The number of para-hydroxylation sites is 3. The third kappa shape index (κ3) is 3.77.